The number of nitrogens with one attached hydrogen (secondary N) is 1. The van der Waals surface area contributed by atoms with Crippen LogP contribution in [0.4, 0.5) is 10.1 Å². The molecule has 0 saturated heterocycles. The summed E-state index contributed by atoms with van der Waals surface area (Å²) in [5.41, 5.74) is 9.43. The van der Waals surface area contributed by atoms with E-state index in [0.29, 0.717) is 34.9 Å². The van der Waals surface area contributed by atoms with E-state index < -0.39 is 0 Å². The number of aromatic nitrogens is 1. The van der Waals surface area contributed by atoms with Gasteiger partial charge in [0.1, 0.15) is 11.6 Å². The molecule has 0 fully saturated rings. The second kappa shape index (κ2) is 7.13. The Kier molecular flexibility index (Phi) is 4.75. The minimum absolute atomic E-state index is 0.344. The molecule has 1 aromatic heterocycles. The molecule has 0 aliphatic heterocycles. The monoisotopic (exact) mass is 335 g/mol. The van der Waals surface area contributed by atoms with E-state index >= 15 is 0 Å². The summed E-state index contributed by atoms with van der Waals surface area (Å²) >= 11 is 0. The smallest absolute Gasteiger partial charge is 0.138 e. The van der Waals surface area contributed by atoms with Crippen LogP contribution in [0.3, 0.4) is 0 Å². The number of ether oxygens (including phenoxy) is 1. The van der Waals surface area contributed by atoms with Gasteiger partial charge in [-0.15, -0.1) is 0 Å². The SMILES string of the molecule is CCOc1cnc(-c2ccccc2F)c(-c2ccc(N)c(C=N)c2)c1. The molecule has 0 saturated carbocycles. The van der Waals surface area contributed by atoms with Gasteiger partial charge in [0.05, 0.1) is 18.5 Å². The summed E-state index contributed by atoms with van der Waals surface area (Å²) in [6.45, 7) is 2.40. The summed E-state index contributed by atoms with van der Waals surface area (Å²) in [6.07, 6.45) is 2.78. The van der Waals surface area contributed by atoms with E-state index in [0.717, 1.165) is 11.1 Å². The second-order valence-electron chi connectivity index (χ2n) is 5.47. The van der Waals surface area contributed by atoms with E-state index in [1.807, 2.05) is 19.1 Å². The number of benzene rings is 2. The van der Waals surface area contributed by atoms with Crippen LogP contribution in [0.1, 0.15) is 12.5 Å². The Labute approximate surface area is 145 Å². The molecule has 0 atom stereocenters. The summed E-state index contributed by atoms with van der Waals surface area (Å²) in [7, 11) is 0. The minimum Gasteiger partial charge on any atom is -0.492 e. The zero-order valence-corrected chi connectivity index (χ0v) is 13.8. The number of hydrogen-bond acceptors (Lipinski definition) is 4. The highest BCUT2D eigenvalue weighted by Gasteiger charge is 2.15. The van der Waals surface area contributed by atoms with Gasteiger partial charge in [0, 0.05) is 28.6 Å². The highest BCUT2D eigenvalue weighted by atomic mass is 19.1. The van der Waals surface area contributed by atoms with Crippen LogP contribution < -0.4 is 10.5 Å². The summed E-state index contributed by atoms with van der Waals surface area (Å²) in [5.74, 6) is 0.258. The molecule has 0 aliphatic rings. The van der Waals surface area contributed by atoms with Gasteiger partial charge < -0.3 is 15.9 Å². The van der Waals surface area contributed by atoms with Gasteiger partial charge in [-0.05, 0) is 42.8 Å². The lowest BCUT2D eigenvalue weighted by molar-refractivity contribution is 0.339. The predicted octanol–water partition coefficient (Wildman–Crippen LogP) is 4.53. The van der Waals surface area contributed by atoms with Crippen molar-refractivity contribution in [3.05, 3.63) is 66.1 Å². The van der Waals surface area contributed by atoms with Crippen molar-refractivity contribution in [3.8, 4) is 28.1 Å². The van der Waals surface area contributed by atoms with Crippen molar-refractivity contribution in [2.45, 2.75) is 6.92 Å². The molecule has 0 unspecified atom stereocenters. The van der Waals surface area contributed by atoms with Crippen molar-refractivity contribution in [3.63, 3.8) is 0 Å². The average molecular weight is 335 g/mol. The molecule has 3 aromatic rings. The van der Waals surface area contributed by atoms with E-state index in [1.54, 1.807) is 36.5 Å². The Bertz CT molecular complexity index is 925. The number of nitrogens with zero attached hydrogens (tertiary/aromatic N) is 1. The van der Waals surface area contributed by atoms with Crippen molar-refractivity contribution in [2.24, 2.45) is 0 Å². The molecule has 0 amide bonds. The van der Waals surface area contributed by atoms with Crippen LogP contribution in [0.15, 0.2) is 54.7 Å². The second-order valence-corrected chi connectivity index (χ2v) is 5.47. The van der Waals surface area contributed by atoms with E-state index in [-0.39, 0.29) is 5.82 Å². The molecular formula is C20H18FN3O. The third-order valence-electron chi connectivity index (χ3n) is 3.86. The first kappa shape index (κ1) is 16.6. The van der Waals surface area contributed by atoms with Gasteiger partial charge in [0.2, 0.25) is 0 Å². The summed E-state index contributed by atoms with van der Waals surface area (Å²) in [4.78, 5) is 4.43. The van der Waals surface area contributed by atoms with Crippen LogP contribution in [0, 0.1) is 11.2 Å². The van der Waals surface area contributed by atoms with Gasteiger partial charge >= 0.3 is 0 Å². The molecule has 5 heteroatoms. The van der Waals surface area contributed by atoms with Crippen LogP contribution in [-0.2, 0) is 0 Å². The van der Waals surface area contributed by atoms with Crippen LogP contribution in [0.2, 0.25) is 0 Å². The quantitative estimate of drug-likeness (QED) is 0.531. The lowest BCUT2D eigenvalue weighted by atomic mass is 9.97. The number of pyridine rings is 1. The van der Waals surface area contributed by atoms with Crippen molar-refractivity contribution < 1.29 is 9.13 Å². The third kappa shape index (κ3) is 3.35. The van der Waals surface area contributed by atoms with Crippen LogP contribution >= 0.6 is 0 Å². The van der Waals surface area contributed by atoms with Crippen LogP contribution in [-0.4, -0.2) is 17.8 Å². The van der Waals surface area contributed by atoms with E-state index in [1.165, 1.54) is 12.3 Å². The topological polar surface area (TPSA) is 72.0 Å². The average Bonchev–Trinajstić information content (AvgIpc) is 2.63. The number of anilines is 1. The molecule has 0 aliphatic carbocycles. The maximum Gasteiger partial charge on any atom is 0.138 e. The lowest BCUT2D eigenvalue weighted by Crippen LogP contribution is -1.98. The maximum atomic E-state index is 14.3. The Balaban J connectivity index is 2.23. The number of nitrogen functional groups attached to an aromatic ring is 1. The summed E-state index contributed by atoms with van der Waals surface area (Å²) in [6, 6.07) is 13.7. The molecule has 4 nitrogen and oxygen atoms in total. The first-order valence-electron chi connectivity index (χ1n) is 7.92. The van der Waals surface area contributed by atoms with Crippen molar-refractivity contribution >= 4 is 11.9 Å². The fraction of sp³-hybridized carbons (Fsp3) is 0.100. The predicted molar refractivity (Wildman–Crippen MR) is 98.5 cm³/mol. The van der Waals surface area contributed by atoms with Gasteiger partial charge in [-0.2, -0.15) is 0 Å². The zero-order chi connectivity index (χ0) is 17.8. The molecule has 3 rings (SSSR count). The molecule has 3 N–H and O–H groups in total. The highest BCUT2D eigenvalue weighted by Crippen LogP contribution is 2.35. The fourth-order valence-electron chi connectivity index (χ4n) is 2.65. The zero-order valence-electron chi connectivity index (χ0n) is 13.8. The van der Waals surface area contributed by atoms with Gasteiger partial charge in [-0.25, -0.2) is 4.39 Å². The Morgan fingerprint density at radius 1 is 1.16 bits per heavy atom. The maximum absolute atomic E-state index is 14.3. The van der Waals surface area contributed by atoms with Crippen molar-refractivity contribution in [2.75, 3.05) is 12.3 Å². The largest absolute Gasteiger partial charge is 0.492 e. The summed E-state index contributed by atoms with van der Waals surface area (Å²) < 4.78 is 19.8. The fourth-order valence-corrected chi connectivity index (χ4v) is 2.65. The van der Waals surface area contributed by atoms with Gasteiger partial charge in [-0.1, -0.05) is 18.2 Å². The number of halogens is 1. The van der Waals surface area contributed by atoms with Crippen molar-refractivity contribution in [1.29, 1.82) is 5.41 Å². The molecule has 0 bridgehead atoms. The molecular weight excluding hydrogens is 317 g/mol. The molecule has 0 spiro atoms. The number of hydrogen-bond donors (Lipinski definition) is 2. The number of nitrogens with two attached hydrogens (primary N) is 1. The summed E-state index contributed by atoms with van der Waals surface area (Å²) in [5, 5.41) is 7.50. The molecule has 126 valence electrons. The lowest BCUT2D eigenvalue weighted by Gasteiger charge is -2.13. The first-order chi connectivity index (χ1) is 12.1. The standard InChI is InChI=1S/C20H18FN3O/c1-2-25-15-10-17(13-7-8-19(23)14(9-13)11-22)20(24-12-15)16-5-3-4-6-18(16)21/h3-12,22H,2,23H2,1H3. The Morgan fingerprint density at radius 3 is 2.68 bits per heavy atom. The molecule has 2 aromatic carbocycles. The Hall–Kier alpha value is -3.21. The molecule has 1 heterocycles. The van der Waals surface area contributed by atoms with Crippen LogP contribution in [0.5, 0.6) is 5.75 Å². The minimum atomic E-state index is -0.344. The van der Waals surface area contributed by atoms with Crippen molar-refractivity contribution in [1.82, 2.24) is 4.98 Å². The van der Waals surface area contributed by atoms with Gasteiger partial charge in [0.15, 0.2) is 0 Å². The van der Waals surface area contributed by atoms with Gasteiger partial charge in [0.25, 0.3) is 0 Å². The number of rotatable bonds is 5. The normalized spacial score (nSPS) is 10.5. The van der Waals surface area contributed by atoms with E-state index in [2.05, 4.69) is 4.98 Å². The molecule has 25 heavy (non-hydrogen) atoms. The third-order valence-corrected chi connectivity index (χ3v) is 3.86. The molecule has 0 radical (unpaired) electrons. The van der Waals surface area contributed by atoms with E-state index in [4.69, 9.17) is 15.9 Å². The van der Waals surface area contributed by atoms with Gasteiger partial charge in [-0.3, -0.25) is 4.98 Å². The van der Waals surface area contributed by atoms with Crippen LogP contribution in [0.25, 0.3) is 22.4 Å². The Morgan fingerprint density at radius 2 is 1.96 bits per heavy atom. The highest BCUT2D eigenvalue weighted by molar-refractivity contribution is 5.90. The first-order valence-corrected chi connectivity index (χ1v) is 7.92. The van der Waals surface area contributed by atoms with E-state index in [9.17, 15) is 4.39 Å².